The van der Waals surface area contributed by atoms with Crippen LogP contribution in [0.15, 0.2) is 29.3 Å². The highest BCUT2D eigenvalue weighted by atomic mass is 127. The zero-order valence-electron chi connectivity index (χ0n) is 13.5. The number of guanidine groups is 1. The zero-order valence-corrected chi connectivity index (χ0v) is 16.6. The van der Waals surface area contributed by atoms with E-state index >= 15 is 0 Å². The lowest BCUT2D eigenvalue weighted by atomic mass is 10.2. The summed E-state index contributed by atoms with van der Waals surface area (Å²) in [5, 5.41) is 3.91. The first-order chi connectivity index (χ1) is 9.93. The van der Waals surface area contributed by atoms with Gasteiger partial charge in [-0.3, -0.25) is 9.79 Å². The molecule has 5 nitrogen and oxygen atoms in total. The molecule has 0 atom stereocenters. The van der Waals surface area contributed by atoms with Crippen molar-refractivity contribution in [2.75, 3.05) is 34.7 Å². The molecule has 7 heteroatoms. The molecule has 0 radical (unpaired) electrons. The van der Waals surface area contributed by atoms with Crippen LogP contribution in [0.1, 0.15) is 12.0 Å². The Hall–Kier alpha value is -1.02. The third-order valence-corrected chi connectivity index (χ3v) is 3.24. The fraction of sp³-hybridized carbons (Fsp3) is 0.467. The van der Waals surface area contributed by atoms with Crippen LogP contribution in [0, 0.1) is 0 Å². The fourth-order valence-corrected chi connectivity index (χ4v) is 2.09. The van der Waals surface area contributed by atoms with Gasteiger partial charge in [0.2, 0.25) is 5.91 Å². The molecule has 0 aromatic heterocycles. The molecule has 0 fully saturated rings. The molecule has 0 aliphatic rings. The summed E-state index contributed by atoms with van der Waals surface area (Å²) in [4.78, 5) is 19.3. The topological polar surface area (TPSA) is 47.9 Å². The summed E-state index contributed by atoms with van der Waals surface area (Å²) < 4.78 is 0. The van der Waals surface area contributed by atoms with Gasteiger partial charge in [-0.05, 0) is 17.7 Å². The Bertz CT molecular complexity index is 508. The molecule has 1 aromatic carbocycles. The Morgan fingerprint density at radius 1 is 1.32 bits per heavy atom. The van der Waals surface area contributed by atoms with Crippen molar-refractivity contribution in [2.45, 2.75) is 13.0 Å². The number of carbonyl (C=O) groups excluding carboxylic acids is 1. The van der Waals surface area contributed by atoms with Crippen LogP contribution in [0.5, 0.6) is 0 Å². The second kappa shape index (κ2) is 10.7. The molecule has 0 spiro atoms. The molecule has 1 aromatic rings. The third-order valence-electron chi connectivity index (χ3n) is 3.00. The summed E-state index contributed by atoms with van der Waals surface area (Å²) in [6.45, 7) is 1.26. The maximum atomic E-state index is 11.5. The van der Waals surface area contributed by atoms with E-state index in [-0.39, 0.29) is 29.9 Å². The Labute approximate surface area is 154 Å². The van der Waals surface area contributed by atoms with Crippen molar-refractivity contribution >= 4 is 47.4 Å². The van der Waals surface area contributed by atoms with Crippen molar-refractivity contribution in [2.24, 2.45) is 4.99 Å². The average Bonchev–Trinajstić information content (AvgIpc) is 2.43. The third kappa shape index (κ3) is 7.31. The summed E-state index contributed by atoms with van der Waals surface area (Å²) in [6.07, 6.45) is 0.441. The van der Waals surface area contributed by atoms with E-state index in [1.165, 1.54) is 0 Å². The summed E-state index contributed by atoms with van der Waals surface area (Å²) in [5.74, 6) is 0.844. The van der Waals surface area contributed by atoms with Crippen LogP contribution in [0.2, 0.25) is 5.02 Å². The summed E-state index contributed by atoms with van der Waals surface area (Å²) in [5.41, 5.74) is 1.11. The molecule has 0 bridgehead atoms. The van der Waals surface area contributed by atoms with E-state index in [1.54, 1.807) is 26.0 Å². The van der Waals surface area contributed by atoms with E-state index in [0.29, 0.717) is 19.5 Å². The molecule has 0 unspecified atom stereocenters. The molecule has 0 aliphatic carbocycles. The Morgan fingerprint density at radius 3 is 2.55 bits per heavy atom. The van der Waals surface area contributed by atoms with Gasteiger partial charge >= 0.3 is 0 Å². The first-order valence-corrected chi connectivity index (χ1v) is 7.18. The summed E-state index contributed by atoms with van der Waals surface area (Å²) >= 11 is 5.98. The molecule has 22 heavy (non-hydrogen) atoms. The predicted octanol–water partition coefficient (Wildman–Crippen LogP) is 2.44. The van der Waals surface area contributed by atoms with Crippen molar-refractivity contribution in [3.8, 4) is 0 Å². The Kier molecular flexibility index (Phi) is 10.2. The number of aliphatic imine (C=N–C) groups is 1. The lowest BCUT2D eigenvalue weighted by Crippen LogP contribution is -2.40. The Balaban J connectivity index is 0.00000441. The van der Waals surface area contributed by atoms with Crippen LogP contribution in [0.3, 0.4) is 0 Å². The highest BCUT2D eigenvalue weighted by Crippen LogP contribution is 2.12. The van der Waals surface area contributed by atoms with Crippen molar-refractivity contribution in [3.63, 3.8) is 0 Å². The molecular weight excluding hydrogens is 415 g/mol. The molecule has 1 N–H and O–H groups in total. The van der Waals surface area contributed by atoms with Crippen LogP contribution in [0.4, 0.5) is 0 Å². The van der Waals surface area contributed by atoms with Crippen LogP contribution >= 0.6 is 35.6 Å². The molecule has 0 heterocycles. The minimum atomic E-state index is 0. The lowest BCUT2D eigenvalue weighted by molar-refractivity contribution is -0.128. The van der Waals surface area contributed by atoms with Crippen molar-refractivity contribution in [1.29, 1.82) is 0 Å². The number of carbonyl (C=O) groups is 1. The van der Waals surface area contributed by atoms with Gasteiger partial charge in [-0.15, -0.1) is 24.0 Å². The minimum Gasteiger partial charge on any atom is -0.356 e. The van der Waals surface area contributed by atoms with E-state index in [1.807, 2.05) is 36.2 Å². The number of amides is 1. The van der Waals surface area contributed by atoms with Gasteiger partial charge in [0.15, 0.2) is 5.96 Å². The smallest absolute Gasteiger partial charge is 0.223 e. The summed E-state index contributed by atoms with van der Waals surface area (Å²) in [6, 6.07) is 7.73. The number of rotatable bonds is 5. The highest BCUT2D eigenvalue weighted by molar-refractivity contribution is 14.0. The number of halogens is 2. The average molecular weight is 439 g/mol. The normalized spacial score (nSPS) is 10.7. The lowest BCUT2D eigenvalue weighted by Gasteiger charge is -2.22. The minimum absolute atomic E-state index is 0. The van der Waals surface area contributed by atoms with Crippen molar-refractivity contribution in [3.05, 3.63) is 34.9 Å². The molecule has 0 saturated heterocycles. The van der Waals surface area contributed by atoms with Gasteiger partial charge in [-0.1, -0.05) is 23.7 Å². The number of hydrogen-bond acceptors (Lipinski definition) is 2. The van der Waals surface area contributed by atoms with Crippen molar-refractivity contribution < 1.29 is 4.79 Å². The molecular formula is C15H24ClIN4O. The molecule has 0 aliphatic heterocycles. The largest absolute Gasteiger partial charge is 0.356 e. The second-order valence-electron chi connectivity index (χ2n) is 5.00. The molecule has 1 amide bonds. The van der Waals surface area contributed by atoms with Gasteiger partial charge < -0.3 is 15.1 Å². The van der Waals surface area contributed by atoms with Gasteiger partial charge in [0.05, 0.1) is 0 Å². The van der Waals surface area contributed by atoms with Crippen molar-refractivity contribution in [1.82, 2.24) is 15.1 Å². The number of benzene rings is 1. The quantitative estimate of drug-likeness (QED) is 0.436. The number of nitrogens with one attached hydrogen (secondary N) is 1. The summed E-state index contributed by atoms with van der Waals surface area (Å²) in [7, 11) is 7.18. The van der Waals surface area contributed by atoms with Crippen LogP contribution in [-0.2, 0) is 11.3 Å². The van der Waals surface area contributed by atoms with Gasteiger partial charge in [-0.2, -0.15) is 0 Å². The molecule has 1 rings (SSSR count). The van der Waals surface area contributed by atoms with E-state index in [4.69, 9.17) is 11.6 Å². The first kappa shape index (κ1) is 21.0. The first-order valence-electron chi connectivity index (χ1n) is 6.80. The van der Waals surface area contributed by atoms with E-state index < -0.39 is 0 Å². The monoisotopic (exact) mass is 438 g/mol. The van der Waals surface area contributed by atoms with Gasteiger partial charge in [-0.25, -0.2) is 0 Å². The SMILES string of the molecule is CN=C(NCCC(=O)N(C)C)N(C)Cc1cccc(Cl)c1.I. The second-order valence-corrected chi connectivity index (χ2v) is 5.43. The highest BCUT2D eigenvalue weighted by Gasteiger charge is 2.08. The van der Waals surface area contributed by atoms with Crippen LogP contribution in [-0.4, -0.2) is 56.4 Å². The number of hydrogen-bond donors (Lipinski definition) is 1. The number of nitrogens with zero attached hydrogens (tertiary/aromatic N) is 3. The molecule has 124 valence electrons. The van der Waals surface area contributed by atoms with E-state index in [2.05, 4.69) is 10.3 Å². The van der Waals surface area contributed by atoms with E-state index in [0.717, 1.165) is 16.5 Å². The predicted molar refractivity (Wildman–Crippen MR) is 103 cm³/mol. The Morgan fingerprint density at radius 2 is 2.00 bits per heavy atom. The molecule has 0 saturated carbocycles. The maximum Gasteiger partial charge on any atom is 0.223 e. The van der Waals surface area contributed by atoms with Gasteiger partial charge in [0, 0.05) is 52.7 Å². The van der Waals surface area contributed by atoms with Gasteiger partial charge in [0.1, 0.15) is 0 Å². The van der Waals surface area contributed by atoms with E-state index in [9.17, 15) is 4.79 Å². The zero-order chi connectivity index (χ0) is 15.8. The fourth-order valence-electron chi connectivity index (χ4n) is 1.87. The van der Waals surface area contributed by atoms with Gasteiger partial charge in [0.25, 0.3) is 0 Å². The standard InChI is InChI=1S/C15H23ClN4O.HI/c1-17-15(18-9-8-14(21)19(2)3)20(4)11-12-6-5-7-13(16)10-12;/h5-7,10H,8-9,11H2,1-4H3,(H,17,18);1H. The van der Waals surface area contributed by atoms with Crippen LogP contribution < -0.4 is 5.32 Å². The van der Waals surface area contributed by atoms with Crippen LogP contribution in [0.25, 0.3) is 0 Å². The maximum absolute atomic E-state index is 11.5.